The van der Waals surface area contributed by atoms with Gasteiger partial charge in [0.2, 0.25) is 5.91 Å². The van der Waals surface area contributed by atoms with Gasteiger partial charge in [-0.25, -0.2) is 9.78 Å². The minimum Gasteiger partial charge on any atom is -0.493 e. The molecule has 1 amide bonds. The standard InChI is InChI=1S/C19H22N4O3/c1-3-12-22-14-7-4-5-8-15(14)23(19(22)25)13-10-17(24)21-18-16(26-2)9-6-11-20-18/h4-9,11H,3,10,12-13H2,1-2H3,(H,20,21,24). The lowest BCUT2D eigenvalue weighted by molar-refractivity contribution is -0.116. The third-order valence-corrected chi connectivity index (χ3v) is 4.18. The van der Waals surface area contributed by atoms with Crippen LogP contribution in [0.15, 0.2) is 47.4 Å². The van der Waals surface area contributed by atoms with Gasteiger partial charge in [0.05, 0.1) is 18.1 Å². The molecule has 7 nitrogen and oxygen atoms in total. The fourth-order valence-electron chi connectivity index (χ4n) is 2.99. The number of hydrogen-bond acceptors (Lipinski definition) is 4. The number of imidazole rings is 1. The summed E-state index contributed by atoms with van der Waals surface area (Å²) in [4.78, 5) is 29.1. The first-order valence-corrected chi connectivity index (χ1v) is 8.62. The van der Waals surface area contributed by atoms with Crippen molar-refractivity contribution in [1.29, 1.82) is 0 Å². The van der Waals surface area contributed by atoms with E-state index in [-0.39, 0.29) is 18.0 Å². The van der Waals surface area contributed by atoms with Gasteiger partial charge in [0.1, 0.15) is 0 Å². The number of hydrogen-bond donors (Lipinski definition) is 1. The number of fused-ring (bicyclic) bond motifs is 1. The number of pyridine rings is 1. The molecule has 0 saturated heterocycles. The van der Waals surface area contributed by atoms with E-state index in [1.165, 1.54) is 7.11 Å². The second-order valence-electron chi connectivity index (χ2n) is 5.93. The number of rotatable bonds is 7. The number of nitrogens with zero attached hydrogens (tertiary/aromatic N) is 3. The van der Waals surface area contributed by atoms with Gasteiger partial charge < -0.3 is 10.1 Å². The van der Waals surface area contributed by atoms with Gasteiger partial charge in [0.15, 0.2) is 11.6 Å². The number of nitrogens with one attached hydrogen (secondary N) is 1. The van der Waals surface area contributed by atoms with Crippen molar-refractivity contribution in [2.75, 3.05) is 12.4 Å². The summed E-state index contributed by atoms with van der Waals surface area (Å²) in [7, 11) is 1.52. The van der Waals surface area contributed by atoms with Crippen LogP contribution in [0, 0.1) is 0 Å². The van der Waals surface area contributed by atoms with E-state index in [0.29, 0.717) is 24.7 Å². The molecule has 0 fully saturated rings. The molecule has 1 N–H and O–H groups in total. The second kappa shape index (κ2) is 7.86. The van der Waals surface area contributed by atoms with E-state index in [4.69, 9.17) is 4.74 Å². The number of carbonyl (C=O) groups excluding carboxylic acids is 1. The lowest BCUT2D eigenvalue weighted by Gasteiger charge is -2.09. The summed E-state index contributed by atoms with van der Waals surface area (Å²) < 4.78 is 8.59. The van der Waals surface area contributed by atoms with E-state index < -0.39 is 0 Å². The fraction of sp³-hybridized carbons (Fsp3) is 0.316. The Morgan fingerprint density at radius 2 is 1.81 bits per heavy atom. The Kier molecular flexibility index (Phi) is 5.36. The number of anilines is 1. The summed E-state index contributed by atoms with van der Waals surface area (Å²) in [5, 5.41) is 2.73. The molecular weight excluding hydrogens is 332 g/mol. The van der Waals surface area contributed by atoms with Crippen molar-refractivity contribution in [3.63, 3.8) is 0 Å². The topological polar surface area (TPSA) is 78.2 Å². The van der Waals surface area contributed by atoms with Crippen molar-refractivity contribution in [3.8, 4) is 5.75 Å². The van der Waals surface area contributed by atoms with Gasteiger partial charge in [-0.3, -0.25) is 13.9 Å². The predicted octanol–water partition coefficient (Wildman–Crippen LogP) is 2.65. The molecular formula is C19H22N4O3. The molecule has 0 aliphatic heterocycles. The Bertz CT molecular complexity index is 974. The highest BCUT2D eigenvalue weighted by Crippen LogP contribution is 2.20. The van der Waals surface area contributed by atoms with E-state index in [1.54, 1.807) is 27.5 Å². The molecule has 0 saturated carbocycles. The van der Waals surface area contributed by atoms with Crippen LogP contribution in [-0.2, 0) is 17.9 Å². The first-order valence-electron chi connectivity index (χ1n) is 8.62. The first kappa shape index (κ1) is 17.7. The Balaban J connectivity index is 1.78. The smallest absolute Gasteiger partial charge is 0.329 e. The number of aromatic nitrogens is 3. The molecule has 0 aliphatic carbocycles. The maximum absolute atomic E-state index is 12.7. The average Bonchev–Trinajstić information content (AvgIpc) is 2.92. The van der Waals surface area contributed by atoms with E-state index in [2.05, 4.69) is 10.3 Å². The van der Waals surface area contributed by atoms with Gasteiger partial charge in [-0.2, -0.15) is 0 Å². The molecule has 0 spiro atoms. The molecule has 1 aromatic carbocycles. The average molecular weight is 354 g/mol. The van der Waals surface area contributed by atoms with Crippen molar-refractivity contribution in [1.82, 2.24) is 14.1 Å². The molecule has 2 aromatic heterocycles. The van der Waals surface area contributed by atoms with Gasteiger partial charge in [0, 0.05) is 25.7 Å². The highest BCUT2D eigenvalue weighted by atomic mass is 16.5. The van der Waals surface area contributed by atoms with Crippen LogP contribution in [0.1, 0.15) is 19.8 Å². The summed E-state index contributed by atoms with van der Waals surface area (Å²) in [6, 6.07) is 11.1. The van der Waals surface area contributed by atoms with Crippen LogP contribution < -0.4 is 15.7 Å². The van der Waals surface area contributed by atoms with Crippen LogP contribution in [0.4, 0.5) is 5.82 Å². The van der Waals surface area contributed by atoms with Crippen molar-refractivity contribution < 1.29 is 9.53 Å². The maximum Gasteiger partial charge on any atom is 0.329 e. The highest BCUT2D eigenvalue weighted by Gasteiger charge is 2.14. The van der Waals surface area contributed by atoms with Crippen LogP contribution in [-0.4, -0.2) is 27.1 Å². The van der Waals surface area contributed by atoms with Gasteiger partial charge in [0.25, 0.3) is 0 Å². The summed E-state index contributed by atoms with van der Waals surface area (Å²) in [5.74, 6) is 0.652. The fourth-order valence-corrected chi connectivity index (χ4v) is 2.99. The SMILES string of the molecule is CCCn1c(=O)n(CCC(=O)Nc2ncccc2OC)c2ccccc21. The zero-order valence-electron chi connectivity index (χ0n) is 14.9. The van der Waals surface area contributed by atoms with Gasteiger partial charge >= 0.3 is 5.69 Å². The van der Waals surface area contributed by atoms with E-state index in [1.807, 2.05) is 31.2 Å². The summed E-state index contributed by atoms with van der Waals surface area (Å²) in [6.07, 6.45) is 2.62. The van der Waals surface area contributed by atoms with Crippen molar-refractivity contribution >= 4 is 22.8 Å². The van der Waals surface area contributed by atoms with Gasteiger partial charge in [-0.15, -0.1) is 0 Å². The molecule has 2 heterocycles. The quantitative estimate of drug-likeness (QED) is 0.707. The van der Waals surface area contributed by atoms with Crippen LogP contribution in [0.25, 0.3) is 11.0 Å². The van der Waals surface area contributed by atoms with Crippen molar-refractivity contribution in [2.24, 2.45) is 0 Å². The lowest BCUT2D eigenvalue weighted by Crippen LogP contribution is -2.26. The number of benzene rings is 1. The lowest BCUT2D eigenvalue weighted by atomic mass is 10.3. The number of methoxy groups -OCH3 is 1. The van der Waals surface area contributed by atoms with Crippen LogP contribution >= 0.6 is 0 Å². The number of amides is 1. The first-order chi connectivity index (χ1) is 12.7. The number of para-hydroxylation sites is 2. The van der Waals surface area contributed by atoms with Crippen molar-refractivity contribution in [2.45, 2.75) is 32.9 Å². The van der Waals surface area contributed by atoms with Crippen LogP contribution in [0.5, 0.6) is 5.75 Å². The summed E-state index contributed by atoms with van der Waals surface area (Å²) >= 11 is 0. The Labute approximate surface area is 151 Å². The molecule has 0 aliphatic rings. The minimum absolute atomic E-state index is 0.0868. The maximum atomic E-state index is 12.7. The van der Waals surface area contributed by atoms with Gasteiger partial charge in [-0.05, 0) is 30.7 Å². The molecule has 3 aromatic rings. The molecule has 0 radical (unpaired) electrons. The second-order valence-corrected chi connectivity index (χ2v) is 5.93. The number of carbonyl (C=O) groups is 1. The molecule has 0 unspecified atom stereocenters. The van der Waals surface area contributed by atoms with Crippen LogP contribution in [0.2, 0.25) is 0 Å². The van der Waals surface area contributed by atoms with Crippen LogP contribution in [0.3, 0.4) is 0 Å². The number of ether oxygens (including phenoxy) is 1. The molecule has 136 valence electrons. The minimum atomic E-state index is -0.221. The molecule has 26 heavy (non-hydrogen) atoms. The Morgan fingerprint density at radius 1 is 1.12 bits per heavy atom. The monoisotopic (exact) mass is 354 g/mol. The van der Waals surface area contributed by atoms with E-state index >= 15 is 0 Å². The largest absolute Gasteiger partial charge is 0.493 e. The van der Waals surface area contributed by atoms with E-state index in [0.717, 1.165) is 17.5 Å². The van der Waals surface area contributed by atoms with Gasteiger partial charge in [-0.1, -0.05) is 19.1 Å². The molecule has 7 heteroatoms. The van der Waals surface area contributed by atoms with Crippen molar-refractivity contribution in [3.05, 3.63) is 53.1 Å². The zero-order valence-corrected chi connectivity index (χ0v) is 14.9. The third-order valence-electron chi connectivity index (χ3n) is 4.18. The summed E-state index contributed by atoms with van der Waals surface area (Å²) in [6.45, 7) is 2.99. The highest BCUT2D eigenvalue weighted by molar-refractivity contribution is 5.91. The van der Waals surface area contributed by atoms with E-state index in [9.17, 15) is 9.59 Å². The molecule has 3 rings (SSSR count). The predicted molar refractivity (Wildman–Crippen MR) is 101 cm³/mol. The molecule has 0 atom stereocenters. The Morgan fingerprint density at radius 3 is 2.46 bits per heavy atom. The third kappa shape index (κ3) is 3.46. The zero-order chi connectivity index (χ0) is 18.5. The molecule has 0 bridgehead atoms. The number of aryl methyl sites for hydroxylation is 2. The normalized spacial score (nSPS) is 10.8. The Hall–Kier alpha value is -3.09. The summed E-state index contributed by atoms with van der Waals surface area (Å²) in [5.41, 5.74) is 1.65.